The van der Waals surface area contributed by atoms with Crippen LogP contribution in [0.3, 0.4) is 0 Å². The number of aryl methyl sites for hydroxylation is 1. The Hall–Kier alpha value is -3.67. The maximum atomic E-state index is 12.8. The Balaban J connectivity index is 1.85. The van der Waals surface area contributed by atoms with Gasteiger partial charge in [0.25, 0.3) is 11.8 Å². The third-order valence-electron chi connectivity index (χ3n) is 5.49. The van der Waals surface area contributed by atoms with Crippen molar-refractivity contribution >= 4 is 34.2 Å². The predicted octanol–water partition coefficient (Wildman–Crippen LogP) is 4.04. The van der Waals surface area contributed by atoms with E-state index in [9.17, 15) is 14.4 Å². The summed E-state index contributed by atoms with van der Waals surface area (Å²) < 4.78 is 5.66. The van der Waals surface area contributed by atoms with Gasteiger partial charge in [-0.3, -0.25) is 9.59 Å². The second kappa shape index (κ2) is 7.63. The average Bonchev–Trinajstić information content (AvgIpc) is 3.07. The summed E-state index contributed by atoms with van der Waals surface area (Å²) in [7, 11) is 0. The average molecular weight is 402 g/mol. The van der Waals surface area contributed by atoms with E-state index in [0.717, 1.165) is 34.6 Å². The number of hydrogen-bond acceptors (Lipinski definition) is 5. The summed E-state index contributed by atoms with van der Waals surface area (Å²) in [4.78, 5) is 39.9. The highest BCUT2D eigenvalue weighted by molar-refractivity contribution is 6.28. The maximum absolute atomic E-state index is 12.8. The number of nitrogens with zero attached hydrogens (tertiary/aromatic N) is 2. The molecule has 6 nitrogen and oxygen atoms in total. The summed E-state index contributed by atoms with van der Waals surface area (Å²) in [6, 6.07) is 12.5. The van der Waals surface area contributed by atoms with E-state index in [2.05, 4.69) is 18.7 Å². The third-order valence-corrected chi connectivity index (χ3v) is 5.49. The van der Waals surface area contributed by atoms with E-state index < -0.39 is 5.63 Å². The maximum Gasteiger partial charge on any atom is 0.344 e. The van der Waals surface area contributed by atoms with Crippen LogP contribution < -0.4 is 15.4 Å². The molecule has 0 bridgehead atoms. The molecular formula is C24H22N2O4. The second-order valence-electron chi connectivity index (χ2n) is 7.10. The Bertz CT molecular complexity index is 1220. The number of carbonyl (C=O) groups is 2. The minimum atomic E-state index is -0.417. The standard InChI is InChI=1S/C24H22N2O4/c1-4-25(5-2)18-7-6-8-19-23(18)15(3)22(24(29)30-19)16-9-11-17(12-10-16)26-20(27)13-14-21(26)28/h6-14H,4-5H2,1-3H3. The van der Waals surface area contributed by atoms with Gasteiger partial charge in [-0.05, 0) is 56.2 Å². The van der Waals surface area contributed by atoms with Gasteiger partial charge in [0, 0.05) is 36.3 Å². The Kier molecular flexibility index (Phi) is 4.99. The third kappa shape index (κ3) is 3.10. The molecule has 152 valence electrons. The van der Waals surface area contributed by atoms with E-state index in [1.54, 1.807) is 30.3 Å². The molecule has 30 heavy (non-hydrogen) atoms. The van der Waals surface area contributed by atoms with Crippen molar-refractivity contribution in [2.24, 2.45) is 0 Å². The van der Waals surface area contributed by atoms with Crippen molar-refractivity contribution in [2.45, 2.75) is 20.8 Å². The van der Waals surface area contributed by atoms with Crippen molar-refractivity contribution in [1.29, 1.82) is 0 Å². The molecule has 0 aliphatic carbocycles. The molecule has 0 N–H and O–H groups in total. The highest BCUT2D eigenvalue weighted by Gasteiger charge is 2.25. The van der Waals surface area contributed by atoms with Gasteiger partial charge >= 0.3 is 5.63 Å². The van der Waals surface area contributed by atoms with E-state index in [1.807, 2.05) is 19.1 Å². The summed E-state index contributed by atoms with van der Waals surface area (Å²) >= 11 is 0. The smallest absolute Gasteiger partial charge is 0.344 e. The lowest BCUT2D eigenvalue weighted by molar-refractivity contribution is -0.119. The summed E-state index contributed by atoms with van der Waals surface area (Å²) in [5.41, 5.74) is 3.62. The molecule has 2 amide bonds. The van der Waals surface area contributed by atoms with Crippen LogP contribution >= 0.6 is 0 Å². The molecule has 0 unspecified atom stereocenters. The number of imide groups is 1. The second-order valence-corrected chi connectivity index (χ2v) is 7.10. The summed E-state index contributed by atoms with van der Waals surface area (Å²) in [6.07, 6.45) is 2.49. The number of anilines is 2. The molecule has 0 spiro atoms. The summed E-state index contributed by atoms with van der Waals surface area (Å²) in [5, 5.41) is 0.911. The highest BCUT2D eigenvalue weighted by atomic mass is 16.4. The normalized spacial score (nSPS) is 13.5. The highest BCUT2D eigenvalue weighted by Crippen LogP contribution is 2.34. The van der Waals surface area contributed by atoms with Crippen LogP contribution in [0.5, 0.6) is 0 Å². The van der Waals surface area contributed by atoms with Crippen molar-refractivity contribution in [3.8, 4) is 11.1 Å². The van der Waals surface area contributed by atoms with Crippen molar-refractivity contribution in [3.05, 3.63) is 70.6 Å². The zero-order valence-electron chi connectivity index (χ0n) is 17.1. The van der Waals surface area contributed by atoms with E-state index in [1.165, 1.54) is 12.2 Å². The lowest BCUT2D eigenvalue weighted by atomic mass is 9.98. The Morgan fingerprint density at radius 2 is 1.53 bits per heavy atom. The predicted molar refractivity (Wildman–Crippen MR) is 118 cm³/mol. The molecule has 2 heterocycles. The molecule has 0 saturated heterocycles. The number of rotatable bonds is 5. The molecule has 1 aliphatic rings. The number of amides is 2. The minimum Gasteiger partial charge on any atom is -0.422 e. The fraction of sp³-hybridized carbons (Fsp3) is 0.208. The quantitative estimate of drug-likeness (QED) is 0.476. The molecule has 0 saturated carbocycles. The van der Waals surface area contributed by atoms with Crippen LogP contribution in [0.4, 0.5) is 11.4 Å². The van der Waals surface area contributed by atoms with Gasteiger partial charge in [-0.1, -0.05) is 18.2 Å². The van der Waals surface area contributed by atoms with Gasteiger partial charge in [-0.2, -0.15) is 0 Å². The minimum absolute atomic E-state index is 0.377. The molecule has 3 aromatic rings. The van der Waals surface area contributed by atoms with Gasteiger partial charge in [0.1, 0.15) is 5.58 Å². The van der Waals surface area contributed by atoms with E-state index in [4.69, 9.17) is 4.42 Å². The number of benzene rings is 2. The van der Waals surface area contributed by atoms with Gasteiger partial charge in [0.05, 0.1) is 11.3 Å². The monoisotopic (exact) mass is 402 g/mol. The first kappa shape index (κ1) is 19.6. The fourth-order valence-corrected chi connectivity index (χ4v) is 4.00. The van der Waals surface area contributed by atoms with Crippen LogP contribution in [0, 0.1) is 6.92 Å². The molecule has 6 heteroatoms. The zero-order valence-corrected chi connectivity index (χ0v) is 17.1. The largest absolute Gasteiger partial charge is 0.422 e. The topological polar surface area (TPSA) is 70.8 Å². The molecule has 1 aliphatic heterocycles. The van der Waals surface area contributed by atoms with Gasteiger partial charge < -0.3 is 9.32 Å². The number of fused-ring (bicyclic) bond motifs is 1. The molecule has 1 aromatic heterocycles. The molecular weight excluding hydrogens is 380 g/mol. The summed E-state index contributed by atoms with van der Waals surface area (Å²) in [5.74, 6) is -0.754. The molecule has 4 rings (SSSR count). The summed E-state index contributed by atoms with van der Waals surface area (Å²) in [6.45, 7) is 7.78. The molecule has 2 aromatic carbocycles. The van der Waals surface area contributed by atoms with Crippen LogP contribution in [-0.2, 0) is 9.59 Å². The lowest BCUT2D eigenvalue weighted by Crippen LogP contribution is -2.29. The lowest BCUT2D eigenvalue weighted by Gasteiger charge is -2.23. The van der Waals surface area contributed by atoms with Crippen molar-refractivity contribution < 1.29 is 14.0 Å². The Morgan fingerprint density at radius 1 is 0.900 bits per heavy atom. The van der Waals surface area contributed by atoms with Gasteiger partial charge in [0.2, 0.25) is 0 Å². The number of hydrogen-bond donors (Lipinski definition) is 0. The number of carbonyl (C=O) groups excluding carboxylic acids is 2. The first-order chi connectivity index (χ1) is 14.5. The molecule has 0 radical (unpaired) electrons. The van der Waals surface area contributed by atoms with E-state index >= 15 is 0 Å². The van der Waals surface area contributed by atoms with Crippen molar-refractivity contribution in [1.82, 2.24) is 0 Å². The van der Waals surface area contributed by atoms with Gasteiger partial charge in [-0.25, -0.2) is 9.69 Å². The van der Waals surface area contributed by atoms with Gasteiger partial charge in [0.15, 0.2) is 0 Å². The van der Waals surface area contributed by atoms with Crippen LogP contribution in [0.2, 0.25) is 0 Å². The zero-order chi connectivity index (χ0) is 21.4. The first-order valence-electron chi connectivity index (χ1n) is 9.94. The Morgan fingerprint density at radius 3 is 2.13 bits per heavy atom. The van der Waals surface area contributed by atoms with Crippen LogP contribution in [0.15, 0.2) is 63.8 Å². The van der Waals surface area contributed by atoms with Gasteiger partial charge in [-0.15, -0.1) is 0 Å². The fourth-order valence-electron chi connectivity index (χ4n) is 4.00. The Labute approximate surface area is 174 Å². The van der Waals surface area contributed by atoms with Crippen LogP contribution in [-0.4, -0.2) is 24.9 Å². The SMILES string of the molecule is CCN(CC)c1cccc2oc(=O)c(-c3ccc(N4C(=O)C=CC4=O)cc3)c(C)c12. The van der Waals surface area contributed by atoms with Crippen LogP contribution in [0.1, 0.15) is 19.4 Å². The molecule has 0 fully saturated rings. The van der Waals surface area contributed by atoms with Crippen LogP contribution in [0.25, 0.3) is 22.1 Å². The van der Waals surface area contributed by atoms with E-state index in [0.29, 0.717) is 22.4 Å². The van der Waals surface area contributed by atoms with Crippen molar-refractivity contribution in [3.63, 3.8) is 0 Å². The van der Waals surface area contributed by atoms with E-state index in [-0.39, 0.29) is 11.8 Å². The van der Waals surface area contributed by atoms with Crippen molar-refractivity contribution in [2.75, 3.05) is 22.9 Å². The molecule has 0 atom stereocenters. The first-order valence-corrected chi connectivity index (χ1v) is 9.94.